The van der Waals surface area contributed by atoms with E-state index in [0.29, 0.717) is 24.6 Å². The number of H-pyrrole nitrogens is 1. The number of fused-ring (bicyclic) bond motifs is 1. The number of aromatic amines is 1. The minimum absolute atomic E-state index is 0.0982. The van der Waals surface area contributed by atoms with E-state index >= 15 is 0 Å². The van der Waals surface area contributed by atoms with Crippen LogP contribution >= 0.6 is 0 Å². The molecule has 0 amide bonds. The standard InChI is InChI=1S/C13H17N5O3/c1-21-12(20)9-3-2-4-17(6-9)7-10-5-11(19)18-13(16-10)14-8-15-18/h5,8-9H,2-4,6-7H2,1H3,(H,14,15,16)/t9-/m0/s1. The number of nitrogens with zero attached hydrogens (tertiary/aromatic N) is 4. The van der Waals surface area contributed by atoms with Gasteiger partial charge in [-0.2, -0.15) is 4.52 Å². The molecule has 1 fully saturated rings. The maximum Gasteiger partial charge on any atom is 0.309 e. The molecule has 1 N–H and O–H groups in total. The van der Waals surface area contributed by atoms with Crippen molar-refractivity contribution in [1.82, 2.24) is 24.5 Å². The number of rotatable bonds is 3. The Labute approximate surface area is 120 Å². The monoisotopic (exact) mass is 291 g/mol. The summed E-state index contributed by atoms with van der Waals surface area (Å²) in [5, 5.41) is 2.70. The molecule has 3 rings (SSSR count). The van der Waals surface area contributed by atoms with Crippen LogP contribution in [0.15, 0.2) is 17.2 Å². The maximum atomic E-state index is 11.9. The van der Waals surface area contributed by atoms with Crippen molar-refractivity contribution in [2.75, 3.05) is 20.2 Å². The summed E-state index contributed by atoms with van der Waals surface area (Å²) in [4.78, 5) is 34.0. The Morgan fingerprint density at radius 2 is 2.43 bits per heavy atom. The molecule has 0 spiro atoms. The molecule has 0 aliphatic carbocycles. The minimum Gasteiger partial charge on any atom is -0.469 e. The fourth-order valence-corrected chi connectivity index (χ4v) is 2.74. The third kappa shape index (κ3) is 2.80. The van der Waals surface area contributed by atoms with Crippen molar-refractivity contribution < 1.29 is 9.53 Å². The van der Waals surface area contributed by atoms with Crippen LogP contribution < -0.4 is 5.56 Å². The van der Waals surface area contributed by atoms with Crippen molar-refractivity contribution in [3.63, 3.8) is 0 Å². The smallest absolute Gasteiger partial charge is 0.309 e. The van der Waals surface area contributed by atoms with Crippen molar-refractivity contribution >= 4 is 11.7 Å². The van der Waals surface area contributed by atoms with Gasteiger partial charge in [0, 0.05) is 19.2 Å². The summed E-state index contributed by atoms with van der Waals surface area (Å²) in [7, 11) is 1.41. The third-order valence-corrected chi connectivity index (χ3v) is 3.75. The molecule has 1 saturated heterocycles. The van der Waals surface area contributed by atoms with Gasteiger partial charge in [-0.05, 0) is 19.4 Å². The molecular formula is C13H17N5O3. The van der Waals surface area contributed by atoms with Crippen LogP contribution in [0.1, 0.15) is 18.5 Å². The van der Waals surface area contributed by atoms with Crippen LogP contribution in [-0.2, 0) is 16.1 Å². The summed E-state index contributed by atoms with van der Waals surface area (Å²) < 4.78 is 6.09. The maximum absolute atomic E-state index is 11.9. The van der Waals surface area contributed by atoms with Crippen LogP contribution in [0.25, 0.3) is 5.78 Å². The highest BCUT2D eigenvalue weighted by Crippen LogP contribution is 2.19. The first kappa shape index (κ1) is 13.7. The zero-order valence-corrected chi connectivity index (χ0v) is 11.8. The Hall–Kier alpha value is -2.22. The van der Waals surface area contributed by atoms with E-state index in [1.807, 2.05) is 0 Å². The van der Waals surface area contributed by atoms with Gasteiger partial charge in [-0.3, -0.25) is 19.6 Å². The van der Waals surface area contributed by atoms with Crippen molar-refractivity contribution in [2.24, 2.45) is 5.92 Å². The van der Waals surface area contributed by atoms with E-state index in [9.17, 15) is 9.59 Å². The van der Waals surface area contributed by atoms with Crippen LogP contribution in [0.3, 0.4) is 0 Å². The van der Waals surface area contributed by atoms with Gasteiger partial charge in [-0.25, -0.2) is 9.97 Å². The average molecular weight is 291 g/mol. The van der Waals surface area contributed by atoms with Crippen LogP contribution in [-0.4, -0.2) is 50.7 Å². The summed E-state index contributed by atoms with van der Waals surface area (Å²) in [5.74, 6) is 0.0912. The first-order valence-electron chi connectivity index (χ1n) is 6.89. The van der Waals surface area contributed by atoms with Gasteiger partial charge in [0.25, 0.3) is 11.3 Å². The first-order chi connectivity index (χ1) is 10.2. The van der Waals surface area contributed by atoms with Gasteiger partial charge in [0.05, 0.1) is 18.7 Å². The van der Waals surface area contributed by atoms with Crippen LogP contribution in [0, 0.1) is 5.92 Å². The number of piperidine rings is 1. The summed E-state index contributed by atoms with van der Waals surface area (Å²) in [6, 6.07) is 1.49. The molecule has 1 aliphatic heterocycles. The number of nitrogens with one attached hydrogen (secondary N) is 1. The number of ether oxygens (including phenoxy) is 1. The van der Waals surface area contributed by atoms with Gasteiger partial charge in [-0.1, -0.05) is 0 Å². The SMILES string of the molecule is COC(=O)[C@H]1CCCN(Cc2cc(=O)n3[nH]cnc3n2)C1. The first-order valence-corrected chi connectivity index (χ1v) is 6.89. The highest BCUT2D eigenvalue weighted by atomic mass is 16.5. The summed E-state index contributed by atoms with van der Waals surface area (Å²) in [6.07, 6.45) is 3.21. The lowest BCUT2D eigenvalue weighted by molar-refractivity contribution is -0.147. The highest BCUT2D eigenvalue weighted by molar-refractivity contribution is 5.72. The molecule has 0 saturated carbocycles. The van der Waals surface area contributed by atoms with Crippen molar-refractivity contribution in [3.05, 3.63) is 28.4 Å². The highest BCUT2D eigenvalue weighted by Gasteiger charge is 2.26. The lowest BCUT2D eigenvalue weighted by Crippen LogP contribution is -2.39. The number of hydrogen-bond donors (Lipinski definition) is 1. The van der Waals surface area contributed by atoms with Crippen molar-refractivity contribution in [2.45, 2.75) is 19.4 Å². The molecule has 0 radical (unpaired) electrons. The van der Waals surface area contributed by atoms with Gasteiger partial charge in [-0.15, -0.1) is 0 Å². The number of likely N-dealkylation sites (tertiary alicyclic amines) is 1. The molecule has 3 heterocycles. The average Bonchev–Trinajstić information content (AvgIpc) is 2.95. The van der Waals surface area contributed by atoms with E-state index in [4.69, 9.17) is 4.74 Å². The fourth-order valence-electron chi connectivity index (χ4n) is 2.74. The summed E-state index contributed by atoms with van der Waals surface area (Å²) in [6.45, 7) is 2.05. The molecule has 1 atom stereocenters. The minimum atomic E-state index is -0.186. The summed E-state index contributed by atoms with van der Waals surface area (Å²) >= 11 is 0. The second-order valence-electron chi connectivity index (χ2n) is 5.21. The molecule has 2 aromatic rings. The van der Waals surface area contributed by atoms with E-state index < -0.39 is 0 Å². The Morgan fingerprint density at radius 3 is 3.24 bits per heavy atom. The second kappa shape index (κ2) is 5.65. The van der Waals surface area contributed by atoms with Gasteiger partial charge in [0.15, 0.2) is 0 Å². The number of methoxy groups -OCH3 is 1. The van der Waals surface area contributed by atoms with Crippen LogP contribution in [0.2, 0.25) is 0 Å². The predicted molar refractivity (Wildman–Crippen MR) is 73.6 cm³/mol. The Kier molecular flexibility index (Phi) is 3.70. The third-order valence-electron chi connectivity index (χ3n) is 3.75. The molecule has 0 unspecified atom stereocenters. The lowest BCUT2D eigenvalue weighted by atomic mass is 9.98. The fraction of sp³-hybridized carbons (Fsp3) is 0.538. The predicted octanol–water partition coefficient (Wildman–Crippen LogP) is -0.197. The zero-order valence-electron chi connectivity index (χ0n) is 11.8. The molecule has 112 valence electrons. The molecule has 8 heteroatoms. The van der Waals surface area contributed by atoms with Gasteiger partial charge in [0.1, 0.15) is 6.33 Å². The zero-order chi connectivity index (χ0) is 14.8. The van der Waals surface area contributed by atoms with Crippen molar-refractivity contribution in [3.8, 4) is 0 Å². The van der Waals surface area contributed by atoms with E-state index in [0.717, 1.165) is 19.4 Å². The number of esters is 1. The van der Waals surface area contributed by atoms with Gasteiger partial charge < -0.3 is 4.74 Å². The van der Waals surface area contributed by atoms with E-state index in [-0.39, 0.29) is 17.4 Å². The second-order valence-corrected chi connectivity index (χ2v) is 5.21. The topological polar surface area (TPSA) is 92.6 Å². The molecule has 0 aromatic carbocycles. The quantitative estimate of drug-likeness (QED) is 0.787. The normalized spacial score (nSPS) is 19.8. The number of carbonyl (C=O) groups excluding carboxylic acids is 1. The number of carbonyl (C=O) groups is 1. The van der Waals surface area contributed by atoms with Gasteiger partial charge >= 0.3 is 5.97 Å². The Bertz CT molecular complexity index is 707. The van der Waals surface area contributed by atoms with Crippen LogP contribution in [0.4, 0.5) is 0 Å². The molecule has 2 aromatic heterocycles. The van der Waals surface area contributed by atoms with Gasteiger partial charge in [0.2, 0.25) is 0 Å². The Morgan fingerprint density at radius 1 is 1.57 bits per heavy atom. The van der Waals surface area contributed by atoms with E-state index in [1.165, 1.54) is 24.0 Å². The van der Waals surface area contributed by atoms with Crippen LogP contribution in [0.5, 0.6) is 0 Å². The van der Waals surface area contributed by atoms with Crippen molar-refractivity contribution in [1.29, 1.82) is 0 Å². The number of aromatic nitrogens is 4. The summed E-state index contributed by atoms with van der Waals surface area (Å²) in [5.41, 5.74) is 0.478. The largest absolute Gasteiger partial charge is 0.469 e. The molecular weight excluding hydrogens is 274 g/mol. The van der Waals surface area contributed by atoms with E-state index in [1.54, 1.807) is 0 Å². The van der Waals surface area contributed by atoms with E-state index in [2.05, 4.69) is 20.0 Å². The molecule has 0 bridgehead atoms. The molecule has 21 heavy (non-hydrogen) atoms. The lowest BCUT2D eigenvalue weighted by Gasteiger charge is -2.30. The molecule has 1 aliphatic rings. The number of hydrogen-bond acceptors (Lipinski definition) is 6. The Balaban J connectivity index is 1.75. The molecule has 8 nitrogen and oxygen atoms in total.